The first kappa shape index (κ1) is 20.9. The van der Waals surface area contributed by atoms with E-state index in [-0.39, 0.29) is 12.5 Å². The monoisotopic (exact) mass is 396 g/mol. The summed E-state index contributed by atoms with van der Waals surface area (Å²) >= 11 is 1.44. The lowest BCUT2D eigenvalue weighted by Gasteiger charge is -2.34. The molecule has 0 N–H and O–H groups in total. The lowest BCUT2D eigenvalue weighted by atomic mass is 10.2. The highest BCUT2D eigenvalue weighted by Crippen LogP contribution is 2.15. The maximum Gasteiger partial charge on any atom is 0.411 e. The van der Waals surface area contributed by atoms with Crippen LogP contribution in [0.1, 0.15) is 12.8 Å². The Kier molecular flexibility index (Phi) is 8.10. The van der Waals surface area contributed by atoms with E-state index in [0.29, 0.717) is 43.4 Å². The summed E-state index contributed by atoms with van der Waals surface area (Å²) in [4.78, 5) is 16.2. The van der Waals surface area contributed by atoms with Crippen molar-refractivity contribution in [2.75, 3.05) is 51.7 Å². The molecular formula is C14H23F3N6O2S. The standard InChI is InChI=1S/C14H23F3N6O2S/c1-21-13(18-19-20-21)26-10-3-12(24)23-7-5-22(6-8-23)4-2-9-25-11-14(15,16)17/h2-11H2,1H3. The number of aromatic nitrogens is 4. The molecule has 1 saturated heterocycles. The molecule has 8 nitrogen and oxygen atoms in total. The van der Waals surface area contributed by atoms with Crippen LogP contribution in [-0.2, 0) is 16.6 Å². The number of alkyl halides is 3. The molecule has 1 aromatic rings. The van der Waals surface area contributed by atoms with E-state index < -0.39 is 12.8 Å². The van der Waals surface area contributed by atoms with Crippen molar-refractivity contribution in [3.63, 3.8) is 0 Å². The summed E-state index contributed by atoms with van der Waals surface area (Å²) in [5.74, 6) is 0.713. The summed E-state index contributed by atoms with van der Waals surface area (Å²) in [6.07, 6.45) is -3.30. The summed E-state index contributed by atoms with van der Waals surface area (Å²) in [5, 5.41) is 11.8. The summed E-state index contributed by atoms with van der Waals surface area (Å²) in [6, 6.07) is 0. The van der Waals surface area contributed by atoms with E-state index in [0.717, 1.165) is 13.1 Å². The zero-order valence-electron chi connectivity index (χ0n) is 14.6. The number of aryl methyl sites for hydroxylation is 1. The number of halogens is 3. The zero-order chi connectivity index (χ0) is 19.0. The molecule has 0 saturated carbocycles. The van der Waals surface area contributed by atoms with Crippen molar-refractivity contribution in [3.8, 4) is 0 Å². The molecule has 2 heterocycles. The second-order valence-corrected chi connectivity index (χ2v) is 6.99. The van der Waals surface area contributed by atoms with Gasteiger partial charge in [-0.05, 0) is 16.8 Å². The maximum atomic E-state index is 12.2. The molecule has 1 aliphatic heterocycles. The Balaban J connectivity index is 1.54. The molecule has 0 spiro atoms. The van der Waals surface area contributed by atoms with Crippen molar-refractivity contribution < 1.29 is 22.7 Å². The van der Waals surface area contributed by atoms with Crippen LogP contribution in [0, 0.1) is 0 Å². The lowest BCUT2D eigenvalue weighted by Crippen LogP contribution is -2.49. The van der Waals surface area contributed by atoms with E-state index in [1.54, 1.807) is 11.7 Å². The van der Waals surface area contributed by atoms with Crippen LogP contribution >= 0.6 is 11.8 Å². The molecule has 0 atom stereocenters. The van der Waals surface area contributed by atoms with Crippen LogP contribution in [-0.4, -0.2) is 93.8 Å². The minimum atomic E-state index is -4.27. The minimum Gasteiger partial charge on any atom is -0.372 e. The summed E-state index contributed by atoms with van der Waals surface area (Å²) in [7, 11) is 1.75. The number of piperazine rings is 1. The van der Waals surface area contributed by atoms with Crippen LogP contribution in [0.15, 0.2) is 5.16 Å². The number of hydrogen-bond acceptors (Lipinski definition) is 7. The molecule has 0 aromatic carbocycles. The van der Waals surface area contributed by atoms with E-state index in [9.17, 15) is 18.0 Å². The molecule has 0 bridgehead atoms. The van der Waals surface area contributed by atoms with Gasteiger partial charge in [0.1, 0.15) is 6.61 Å². The first-order valence-electron chi connectivity index (χ1n) is 8.35. The van der Waals surface area contributed by atoms with Crippen molar-refractivity contribution in [1.29, 1.82) is 0 Å². The average Bonchev–Trinajstić information content (AvgIpc) is 2.99. The fourth-order valence-electron chi connectivity index (χ4n) is 2.53. The summed E-state index contributed by atoms with van der Waals surface area (Å²) < 4.78 is 42.0. The van der Waals surface area contributed by atoms with Gasteiger partial charge in [0.05, 0.1) is 0 Å². The first-order valence-corrected chi connectivity index (χ1v) is 9.33. The van der Waals surface area contributed by atoms with E-state index in [2.05, 4.69) is 25.2 Å². The lowest BCUT2D eigenvalue weighted by molar-refractivity contribution is -0.174. The van der Waals surface area contributed by atoms with E-state index in [1.807, 2.05) is 4.90 Å². The van der Waals surface area contributed by atoms with Crippen LogP contribution in [0.4, 0.5) is 13.2 Å². The quantitative estimate of drug-likeness (QED) is 0.452. The van der Waals surface area contributed by atoms with Gasteiger partial charge in [0.15, 0.2) is 0 Å². The molecule has 0 radical (unpaired) electrons. The van der Waals surface area contributed by atoms with Gasteiger partial charge in [0.25, 0.3) is 0 Å². The minimum absolute atomic E-state index is 0.0901. The van der Waals surface area contributed by atoms with Gasteiger partial charge in [-0.3, -0.25) is 9.69 Å². The molecule has 26 heavy (non-hydrogen) atoms. The third-order valence-corrected chi connectivity index (χ3v) is 4.89. The molecule has 1 fully saturated rings. The maximum absolute atomic E-state index is 12.2. The Morgan fingerprint density at radius 3 is 2.62 bits per heavy atom. The Labute approximate surface area is 154 Å². The predicted molar refractivity (Wildman–Crippen MR) is 88.7 cm³/mol. The highest BCUT2D eigenvalue weighted by Gasteiger charge is 2.27. The van der Waals surface area contributed by atoms with Gasteiger partial charge in [-0.1, -0.05) is 11.8 Å². The largest absolute Gasteiger partial charge is 0.411 e. The molecule has 148 valence electrons. The van der Waals surface area contributed by atoms with Gasteiger partial charge in [-0.15, -0.1) is 5.10 Å². The Morgan fingerprint density at radius 2 is 2.00 bits per heavy atom. The number of thioether (sulfide) groups is 1. The van der Waals surface area contributed by atoms with Crippen LogP contribution in [0.3, 0.4) is 0 Å². The highest BCUT2D eigenvalue weighted by atomic mass is 32.2. The molecular weight excluding hydrogens is 373 g/mol. The molecule has 1 aliphatic rings. The third kappa shape index (κ3) is 7.46. The summed E-state index contributed by atoms with van der Waals surface area (Å²) in [5.41, 5.74) is 0. The molecule has 1 amide bonds. The van der Waals surface area contributed by atoms with Gasteiger partial charge < -0.3 is 9.64 Å². The number of carbonyl (C=O) groups is 1. The first-order chi connectivity index (χ1) is 12.3. The zero-order valence-corrected chi connectivity index (χ0v) is 15.4. The van der Waals surface area contributed by atoms with Crippen molar-refractivity contribution in [1.82, 2.24) is 30.0 Å². The van der Waals surface area contributed by atoms with Gasteiger partial charge in [0, 0.05) is 58.6 Å². The predicted octanol–water partition coefficient (Wildman–Crippen LogP) is 0.805. The Hall–Kier alpha value is -1.40. The SMILES string of the molecule is Cn1nnnc1SCCC(=O)N1CCN(CCCOCC(F)(F)F)CC1. The van der Waals surface area contributed by atoms with Crippen LogP contribution < -0.4 is 0 Å². The van der Waals surface area contributed by atoms with Crippen molar-refractivity contribution in [3.05, 3.63) is 0 Å². The summed E-state index contributed by atoms with van der Waals surface area (Å²) in [6.45, 7) is 2.30. The number of hydrogen-bond donors (Lipinski definition) is 0. The number of carbonyl (C=O) groups excluding carboxylic acids is 1. The molecule has 12 heteroatoms. The number of tetrazole rings is 1. The number of amides is 1. The van der Waals surface area contributed by atoms with Gasteiger partial charge in [0.2, 0.25) is 11.1 Å². The van der Waals surface area contributed by atoms with Crippen LogP contribution in [0.25, 0.3) is 0 Å². The normalized spacial score (nSPS) is 16.2. The molecule has 1 aromatic heterocycles. The van der Waals surface area contributed by atoms with E-state index in [1.165, 1.54) is 11.8 Å². The Bertz CT molecular complexity index is 563. The molecule has 0 aliphatic carbocycles. The van der Waals surface area contributed by atoms with Gasteiger partial charge in [-0.25, -0.2) is 4.68 Å². The van der Waals surface area contributed by atoms with Crippen molar-refractivity contribution in [2.45, 2.75) is 24.2 Å². The number of rotatable bonds is 9. The van der Waals surface area contributed by atoms with Gasteiger partial charge >= 0.3 is 6.18 Å². The second-order valence-electron chi connectivity index (χ2n) is 5.93. The smallest absolute Gasteiger partial charge is 0.372 e. The topological polar surface area (TPSA) is 76.4 Å². The van der Waals surface area contributed by atoms with Gasteiger partial charge in [-0.2, -0.15) is 13.2 Å². The number of nitrogens with zero attached hydrogens (tertiary/aromatic N) is 6. The van der Waals surface area contributed by atoms with Crippen LogP contribution in [0.2, 0.25) is 0 Å². The fraction of sp³-hybridized carbons (Fsp3) is 0.857. The van der Waals surface area contributed by atoms with E-state index in [4.69, 9.17) is 0 Å². The van der Waals surface area contributed by atoms with Crippen LogP contribution in [0.5, 0.6) is 0 Å². The average molecular weight is 396 g/mol. The Morgan fingerprint density at radius 1 is 1.27 bits per heavy atom. The van der Waals surface area contributed by atoms with Crippen molar-refractivity contribution in [2.24, 2.45) is 7.05 Å². The fourth-order valence-corrected chi connectivity index (χ4v) is 3.31. The third-order valence-electron chi connectivity index (χ3n) is 3.88. The second kappa shape index (κ2) is 10.1. The molecule has 2 rings (SSSR count). The van der Waals surface area contributed by atoms with Crippen molar-refractivity contribution >= 4 is 17.7 Å². The van der Waals surface area contributed by atoms with E-state index >= 15 is 0 Å². The highest BCUT2D eigenvalue weighted by molar-refractivity contribution is 7.99. The number of ether oxygens (including phenoxy) is 1. The molecule has 0 unspecified atom stereocenters.